The third-order valence-corrected chi connectivity index (χ3v) is 2.26. The molecule has 2 rings (SSSR count). The van der Waals surface area contributed by atoms with Crippen molar-refractivity contribution in [3.05, 3.63) is 41.0 Å². The lowest BCUT2D eigenvalue weighted by molar-refractivity contribution is 0.530. The van der Waals surface area contributed by atoms with E-state index in [2.05, 4.69) is 15.5 Å². The van der Waals surface area contributed by atoms with Gasteiger partial charge >= 0.3 is 6.01 Å². The van der Waals surface area contributed by atoms with Gasteiger partial charge in [0.15, 0.2) is 0 Å². The average Bonchev–Trinajstić information content (AvgIpc) is 2.63. The second-order valence-corrected chi connectivity index (χ2v) is 3.55. The number of rotatable bonds is 3. The predicted octanol–water partition coefficient (Wildman–Crippen LogP) is 2.44. The van der Waals surface area contributed by atoms with E-state index in [9.17, 15) is 4.39 Å². The van der Waals surface area contributed by atoms with E-state index in [0.29, 0.717) is 18.5 Å². The first-order valence-corrected chi connectivity index (χ1v) is 4.94. The number of nitrogens with zero attached hydrogens (tertiary/aromatic N) is 2. The molecule has 0 aliphatic heterocycles. The van der Waals surface area contributed by atoms with E-state index in [4.69, 9.17) is 4.42 Å². The molecule has 16 heavy (non-hydrogen) atoms. The van der Waals surface area contributed by atoms with Crippen LogP contribution in [0.25, 0.3) is 0 Å². The molecule has 1 aromatic heterocycles. The molecule has 0 aliphatic rings. The molecule has 0 atom stereocenters. The van der Waals surface area contributed by atoms with Crippen LogP contribution in [0.15, 0.2) is 22.6 Å². The number of anilines is 1. The van der Waals surface area contributed by atoms with E-state index in [1.807, 2.05) is 6.92 Å². The van der Waals surface area contributed by atoms with Gasteiger partial charge in [-0.2, -0.15) is 0 Å². The number of benzene rings is 1. The number of hydrogen-bond acceptors (Lipinski definition) is 4. The minimum Gasteiger partial charge on any atom is -0.408 e. The second kappa shape index (κ2) is 4.30. The molecule has 2 aromatic rings. The van der Waals surface area contributed by atoms with E-state index in [1.165, 1.54) is 12.1 Å². The molecule has 0 aliphatic carbocycles. The summed E-state index contributed by atoms with van der Waals surface area (Å²) >= 11 is 0. The Morgan fingerprint density at radius 2 is 2.12 bits per heavy atom. The summed E-state index contributed by atoms with van der Waals surface area (Å²) < 4.78 is 18.0. The molecule has 5 heteroatoms. The van der Waals surface area contributed by atoms with Crippen LogP contribution in [0, 0.1) is 19.7 Å². The Labute approximate surface area is 92.5 Å². The number of halogens is 1. The van der Waals surface area contributed by atoms with Gasteiger partial charge in [-0.25, -0.2) is 4.39 Å². The maximum absolute atomic E-state index is 12.9. The molecule has 0 spiro atoms. The van der Waals surface area contributed by atoms with Gasteiger partial charge in [-0.1, -0.05) is 11.2 Å². The highest BCUT2D eigenvalue weighted by Crippen LogP contribution is 2.12. The Bertz CT molecular complexity index is 496. The molecule has 0 fully saturated rings. The Morgan fingerprint density at radius 1 is 1.31 bits per heavy atom. The van der Waals surface area contributed by atoms with Gasteiger partial charge in [-0.15, -0.1) is 5.10 Å². The topological polar surface area (TPSA) is 51.0 Å². The molecule has 0 bridgehead atoms. The van der Waals surface area contributed by atoms with Crippen LogP contribution in [0.3, 0.4) is 0 Å². The van der Waals surface area contributed by atoms with Crippen molar-refractivity contribution in [3.63, 3.8) is 0 Å². The first kappa shape index (κ1) is 10.6. The van der Waals surface area contributed by atoms with E-state index < -0.39 is 0 Å². The Hall–Kier alpha value is -1.91. The average molecular weight is 221 g/mol. The maximum Gasteiger partial charge on any atom is 0.315 e. The van der Waals surface area contributed by atoms with Gasteiger partial charge < -0.3 is 9.73 Å². The van der Waals surface area contributed by atoms with Crippen molar-refractivity contribution >= 4 is 6.01 Å². The fraction of sp³-hybridized carbons (Fsp3) is 0.273. The third kappa shape index (κ3) is 2.36. The van der Waals surface area contributed by atoms with E-state index in [-0.39, 0.29) is 5.82 Å². The lowest BCUT2D eigenvalue weighted by Gasteiger charge is -2.05. The maximum atomic E-state index is 12.9. The molecular weight excluding hydrogens is 209 g/mol. The van der Waals surface area contributed by atoms with Crippen LogP contribution in [0.5, 0.6) is 0 Å². The van der Waals surface area contributed by atoms with Crippen LogP contribution >= 0.6 is 0 Å². The number of aromatic nitrogens is 2. The van der Waals surface area contributed by atoms with Crippen molar-refractivity contribution in [1.82, 2.24) is 10.2 Å². The predicted molar refractivity (Wildman–Crippen MR) is 57.5 cm³/mol. The number of aryl methyl sites for hydroxylation is 2. The van der Waals surface area contributed by atoms with Crippen molar-refractivity contribution in [2.45, 2.75) is 20.4 Å². The Morgan fingerprint density at radius 3 is 2.75 bits per heavy atom. The molecule has 1 N–H and O–H groups in total. The van der Waals surface area contributed by atoms with Gasteiger partial charge in [0.2, 0.25) is 5.89 Å². The highest BCUT2D eigenvalue weighted by molar-refractivity contribution is 5.30. The molecule has 0 amide bonds. The van der Waals surface area contributed by atoms with Crippen LogP contribution in [0.2, 0.25) is 0 Å². The molecule has 0 unspecified atom stereocenters. The molecule has 4 nitrogen and oxygen atoms in total. The molecule has 1 heterocycles. The van der Waals surface area contributed by atoms with Crippen molar-refractivity contribution < 1.29 is 8.81 Å². The lowest BCUT2D eigenvalue weighted by atomic mass is 10.1. The molecule has 0 saturated carbocycles. The standard InChI is InChI=1S/C11H12FN3O/c1-7-5-10(12)4-3-9(7)6-13-11-15-14-8(2)16-11/h3-5H,6H2,1-2H3,(H,13,15). The monoisotopic (exact) mass is 221 g/mol. The van der Waals surface area contributed by atoms with Crippen LogP contribution in [-0.4, -0.2) is 10.2 Å². The minimum absolute atomic E-state index is 0.227. The van der Waals surface area contributed by atoms with Crippen molar-refractivity contribution in [3.8, 4) is 0 Å². The lowest BCUT2D eigenvalue weighted by Crippen LogP contribution is -2.01. The zero-order chi connectivity index (χ0) is 11.5. The summed E-state index contributed by atoms with van der Waals surface area (Å²) in [5.41, 5.74) is 1.89. The Kier molecular flexibility index (Phi) is 2.85. The zero-order valence-corrected chi connectivity index (χ0v) is 9.12. The van der Waals surface area contributed by atoms with E-state index >= 15 is 0 Å². The molecular formula is C11H12FN3O. The third-order valence-electron chi connectivity index (χ3n) is 2.26. The largest absolute Gasteiger partial charge is 0.408 e. The highest BCUT2D eigenvalue weighted by atomic mass is 19.1. The summed E-state index contributed by atoms with van der Waals surface area (Å²) in [6.07, 6.45) is 0. The van der Waals surface area contributed by atoms with Gasteiger partial charge in [0.1, 0.15) is 5.82 Å². The van der Waals surface area contributed by atoms with Crippen LogP contribution in [0.4, 0.5) is 10.4 Å². The Balaban J connectivity index is 2.04. The van der Waals surface area contributed by atoms with Crippen molar-refractivity contribution in [2.24, 2.45) is 0 Å². The van der Waals surface area contributed by atoms with Gasteiger partial charge in [-0.05, 0) is 30.2 Å². The van der Waals surface area contributed by atoms with Gasteiger partial charge in [0.25, 0.3) is 0 Å². The zero-order valence-electron chi connectivity index (χ0n) is 9.12. The first-order chi connectivity index (χ1) is 7.65. The number of hydrogen-bond donors (Lipinski definition) is 1. The molecule has 84 valence electrons. The normalized spacial score (nSPS) is 10.4. The van der Waals surface area contributed by atoms with E-state index in [1.54, 1.807) is 13.0 Å². The van der Waals surface area contributed by atoms with Gasteiger partial charge in [0, 0.05) is 13.5 Å². The van der Waals surface area contributed by atoms with Crippen molar-refractivity contribution in [1.29, 1.82) is 0 Å². The number of nitrogens with one attached hydrogen (secondary N) is 1. The quantitative estimate of drug-likeness (QED) is 0.864. The summed E-state index contributed by atoms with van der Waals surface area (Å²) in [7, 11) is 0. The van der Waals surface area contributed by atoms with Crippen LogP contribution in [0.1, 0.15) is 17.0 Å². The van der Waals surface area contributed by atoms with E-state index in [0.717, 1.165) is 11.1 Å². The van der Waals surface area contributed by atoms with Gasteiger partial charge in [0.05, 0.1) is 0 Å². The molecule has 0 saturated heterocycles. The SMILES string of the molecule is Cc1nnc(NCc2ccc(F)cc2C)o1. The first-order valence-electron chi connectivity index (χ1n) is 4.94. The molecule has 0 radical (unpaired) electrons. The van der Waals surface area contributed by atoms with Crippen molar-refractivity contribution in [2.75, 3.05) is 5.32 Å². The summed E-state index contributed by atoms with van der Waals surface area (Å²) in [4.78, 5) is 0. The van der Waals surface area contributed by atoms with Crippen LogP contribution < -0.4 is 5.32 Å². The highest BCUT2D eigenvalue weighted by Gasteiger charge is 2.03. The van der Waals surface area contributed by atoms with Crippen LogP contribution in [-0.2, 0) is 6.54 Å². The fourth-order valence-electron chi connectivity index (χ4n) is 1.40. The fourth-order valence-corrected chi connectivity index (χ4v) is 1.40. The molecule has 1 aromatic carbocycles. The minimum atomic E-state index is -0.227. The summed E-state index contributed by atoms with van der Waals surface area (Å²) in [5.74, 6) is 0.285. The summed E-state index contributed by atoms with van der Waals surface area (Å²) in [6, 6.07) is 5.04. The smallest absolute Gasteiger partial charge is 0.315 e. The summed E-state index contributed by atoms with van der Waals surface area (Å²) in [5, 5.41) is 10.5. The second-order valence-electron chi connectivity index (χ2n) is 3.55. The summed E-state index contributed by atoms with van der Waals surface area (Å²) in [6.45, 7) is 4.12. The van der Waals surface area contributed by atoms with Gasteiger partial charge in [-0.3, -0.25) is 0 Å².